The molecule has 8 nitrogen and oxygen atoms in total. The lowest BCUT2D eigenvalue weighted by atomic mass is 10.1. The van der Waals surface area contributed by atoms with E-state index in [1.165, 1.54) is 30.3 Å². The van der Waals surface area contributed by atoms with Gasteiger partial charge in [-0.1, -0.05) is 42.1 Å². The van der Waals surface area contributed by atoms with Crippen molar-refractivity contribution in [2.24, 2.45) is 5.14 Å². The van der Waals surface area contributed by atoms with Gasteiger partial charge < -0.3 is 10.3 Å². The molecule has 144 valence electrons. The maximum absolute atomic E-state index is 12.1. The van der Waals surface area contributed by atoms with Gasteiger partial charge in [-0.25, -0.2) is 18.5 Å². The highest BCUT2D eigenvalue weighted by molar-refractivity contribution is 7.99. The second kappa shape index (κ2) is 8.38. The number of primary sulfonamides is 1. The van der Waals surface area contributed by atoms with E-state index in [-0.39, 0.29) is 22.1 Å². The highest BCUT2D eigenvalue weighted by Crippen LogP contribution is 2.19. The summed E-state index contributed by atoms with van der Waals surface area (Å²) < 4.78 is 22.5. The maximum atomic E-state index is 12.1. The number of H-pyrrole nitrogens is 1. The van der Waals surface area contributed by atoms with Gasteiger partial charge in [-0.2, -0.15) is 0 Å². The van der Waals surface area contributed by atoms with E-state index in [2.05, 4.69) is 15.3 Å². The summed E-state index contributed by atoms with van der Waals surface area (Å²) in [6.07, 6.45) is 0. The Kier molecular flexibility index (Phi) is 5.93. The molecule has 0 atom stereocenters. The molecule has 1 aromatic heterocycles. The van der Waals surface area contributed by atoms with Crippen LogP contribution in [0.1, 0.15) is 0 Å². The molecule has 0 fully saturated rings. The fraction of sp³-hybridized carbons (Fsp3) is 0.0556. The standard InChI is InChI=1S/C18H16N4O4S2/c19-28(25,26)14-8-6-13(7-9-14)20-17(24)11-27-18-21-15(10-16(23)22-18)12-4-2-1-3-5-12/h1-10H,11H2,(H,20,24)(H2,19,25,26)(H,21,22,23). The van der Waals surface area contributed by atoms with E-state index >= 15 is 0 Å². The summed E-state index contributed by atoms with van der Waals surface area (Å²) in [5, 5.41) is 7.99. The third-order valence-electron chi connectivity index (χ3n) is 3.60. The number of thioether (sulfide) groups is 1. The predicted molar refractivity (Wildman–Crippen MR) is 107 cm³/mol. The van der Waals surface area contributed by atoms with E-state index in [4.69, 9.17) is 5.14 Å². The summed E-state index contributed by atoms with van der Waals surface area (Å²) in [5.41, 5.74) is 1.44. The van der Waals surface area contributed by atoms with Crippen molar-refractivity contribution in [2.45, 2.75) is 10.1 Å². The Hall–Kier alpha value is -2.95. The van der Waals surface area contributed by atoms with E-state index in [0.29, 0.717) is 16.5 Å². The van der Waals surface area contributed by atoms with Crippen LogP contribution < -0.4 is 16.0 Å². The van der Waals surface area contributed by atoms with Crippen molar-refractivity contribution >= 4 is 33.4 Å². The van der Waals surface area contributed by atoms with Crippen LogP contribution in [0.25, 0.3) is 11.3 Å². The van der Waals surface area contributed by atoms with Crippen LogP contribution in [0.15, 0.2) is 75.5 Å². The van der Waals surface area contributed by atoms with Gasteiger partial charge in [-0.15, -0.1) is 0 Å². The summed E-state index contributed by atoms with van der Waals surface area (Å²) in [6, 6.07) is 16.1. The average molecular weight is 416 g/mol. The van der Waals surface area contributed by atoms with Crippen molar-refractivity contribution in [3.8, 4) is 11.3 Å². The lowest BCUT2D eigenvalue weighted by molar-refractivity contribution is -0.113. The molecular formula is C18H16N4O4S2. The van der Waals surface area contributed by atoms with Crippen molar-refractivity contribution < 1.29 is 13.2 Å². The molecule has 10 heteroatoms. The summed E-state index contributed by atoms with van der Waals surface area (Å²) >= 11 is 1.08. The first-order valence-corrected chi connectivity index (χ1v) is 10.6. The van der Waals surface area contributed by atoms with Crippen molar-refractivity contribution in [1.29, 1.82) is 0 Å². The Bertz CT molecular complexity index is 1140. The molecule has 0 aliphatic carbocycles. The Morgan fingerprint density at radius 2 is 1.79 bits per heavy atom. The highest BCUT2D eigenvalue weighted by Gasteiger charge is 2.10. The number of rotatable bonds is 6. The summed E-state index contributed by atoms with van der Waals surface area (Å²) in [6.45, 7) is 0. The fourth-order valence-corrected chi connectivity index (χ4v) is 3.51. The van der Waals surface area contributed by atoms with Crippen LogP contribution in [0, 0.1) is 0 Å². The molecule has 3 rings (SSSR count). The number of hydrogen-bond donors (Lipinski definition) is 3. The van der Waals surface area contributed by atoms with Crippen LogP contribution in [0.3, 0.4) is 0 Å². The summed E-state index contributed by atoms with van der Waals surface area (Å²) in [5.74, 6) is -0.320. The number of sulfonamides is 1. The Labute approximate surface area is 165 Å². The van der Waals surface area contributed by atoms with Gasteiger partial charge in [0, 0.05) is 17.3 Å². The normalized spacial score (nSPS) is 11.2. The minimum absolute atomic E-state index is 0.0120. The molecule has 0 aliphatic rings. The number of hydrogen-bond acceptors (Lipinski definition) is 6. The predicted octanol–water partition coefficient (Wildman–Crippen LogP) is 1.82. The largest absolute Gasteiger partial charge is 0.325 e. The molecular weight excluding hydrogens is 400 g/mol. The van der Waals surface area contributed by atoms with Crippen LogP contribution in [0.4, 0.5) is 5.69 Å². The molecule has 0 bridgehead atoms. The zero-order valence-electron chi connectivity index (χ0n) is 14.5. The van der Waals surface area contributed by atoms with Gasteiger partial charge in [0.2, 0.25) is 15.9 Å². The first kappa shape index (κ1) is 19.8. The summed E-state index contributed by atoms with van der Waals surface area (Å²) in [7, 11) is -3.78. The monoisotopic (exact) mass is 416 g/mol. The molecule has 3 aromatic rings. The molecule has 0 spiro atoms. The zero-order valence-corrected chi connectivity index (χ0v) is 16.1. The third kappa shape index (κ3) is 5.28. The Morgan fingerprint density at radius 3 is 2.43 bits per heavy atom. The highest BCUT2D eigenvalue weighted by atomic mass is 32.2. The number of aromatic nitrogens is 2. The Balaban J connectivity index is 1.65. The smallest absolute Gasteiger partial charge is 0.252 e. The number of nitrogens with one attached hydrogen (secondary N) is 2. The molecule has 4 N–H and O–H groups in total. The minimum atomic E-state index is -3.78. The number of nitrogens with two attached hydrogens (primary N) is 1. The van der Waals surface area contributed by atoms with Gasteiger partial charge in [0.05, 0.1) is 16.3 Å². The SMILES string of the molecule is NS(=O)(=O)c1ccc(NC(=O)CSc2nc(-c3ccccc3)cc(=O)[nH]2)cc1. The van der Waals surface area contributed by atoms with Crippen LogP contribution in [-0.2, 0) is 14.8 Å². The lowest BCUT2D eigenvalue weighted by Gasteiger charge is -2.07. The van der Waals surface area contributed by atoms with Gasteiger partial charge in [-0.05, 0) is 24.3 Å². The van der Waals surface area contributed by atoms with E-state index in [0.717, 1.165) is 17.3 Å². The van der Waals surface area contributed by atoms with Crippen LogP contribution >= 0.6 is 11.8 Å². The van der Waals surface area contributed by atoms with Crippen LogP contribution in [-0.4, -0.2) is 30.0 Å². The van der Waals surface area contributed by atoms with E-state index < -0.39 is 10.0 Å². The van der Waals surface area contributed by atoms with E-state index in [1.807, 2.05) is 30.3 Å². The van der Waals surface area contributed by atoms with E-state index in [9.17, 15) is 18.0 Å². The zero-order chi connectivity index (χ0) is 20.1. The number of carbonyl (C=O) groups is 1. The molecule has 0 saturated carbocycles. The van der Waals surface area contributed by atoms with Gasteiger partial charge >= 0.3 is 0 Å². The molecule has 0 unspecified atom stereocenters. The first-order chi connectivity index (χ1) is 13.3. The number of nitrogens with zero attached hydrogens (tertiary/aromatic N) is 1. The first-order valence-electron chi connectivity index (χ1n) is 8.03. The van der Waals surface area contributed by atoms with Crippen molar-refractivity contribution in [2.75, 3.05) is 11.1 Å². The number of anilines is 1. The molecule has 2 aromatic carbocycles. The molecule has 28 heavy (non-hydrogen) atoms. The van der Waals surface area contributed by atoms with Crippen LogP contribution in [0.5, 0.6) is 0 Å². The molecule has 0 radical (unpaired) electrons. The quantitative estimate of drug-likeness (QED) is 0.414. The fourth-order valence-electron chi connectivity index (χ4n) is 2.32. The minimum Gasteiger partial charge on any atom is -0.325 e. The number of carbonyl (C=O) groups excluding carboxylic acids is 1. The van der Waals surface area contributed by atoms with Gasteiger partial charge in [0.1, 0.15) is 0 Å². The average Bonchev–Trinajstić information content (AvgIpc) is 2.66. The third-order valence-corrected chi connectivity index (χ3v) is 5.40. The second-order valence-corrected chi connectivity index (χ2v) is 8.23. The van der Waals surface area contributed by atoms with Gasteiger partial charge in [0.25, 0.3) is 5.56 Å². The molecule has 1 heterocycles. The van der Waals surface area contributed by atoms with E-state index in [1.54, 1.807) is 0 Å². The number of amides is 1. The van der Waals surface area contributed by atoms with Crippen LogP contribution in [0.2, 0.25) is 0 Å². The number of aromatic amines is 1. The van der Waals surface area contributed by atoms with Crippen molar-refractivity contribution in [3.63, 3.8) is 0 Å². The maximum Gasteiger partial charge on any atom is 0.252 e. The van der Waals surface area contributed by atoms with Crippen molar-refractivity contribution in [1.82, 2.24) is 9.97 Å². The lowest BCUT2D eigenvalue weighted by Crippen LogP contribution is -2.16. The molecule has 0 aliphatic heterocycles. The topological polar surface area (TPSA) is 135 Å². The number of benzene rings is 2. The second-order valence-electron chi connectivity index (χ2n) is 5.71. The van der Waals surface area contributed by atoms with Gasteiger partial charge in [0.15, 0.2) is 5.16 Å². The summed E-state index contributed by atoms with van der Waals surface area (Å²) in [4.78, 5) is 30.9. The molecule has 1 amide bonds. The van der Waals surface area contributed by atoms with Gasteiger partial charge in [-0.3, -0.25) is 9.59 Å². The van der Waals surface area contributed by atoms with Crippen molar-refractivity contribution in [3.05, 3.63) is 71.0 Å². The molecule has 0 saturated heterocycles. The Morgan fingerprint density at radius 1 is 1.11 bits per heavy atom.